The van der Waals surface area contributed by atoms with Crippen LogP contribution in [-0.2, 0) is 10.0 Å². The first-order valence-electron chi connectivity index (χ1n) is 6.78. The zero-order valence-electron chi connectivity index (χ0n) is 12.4. The van der Waals surface area contributed by atoms with Crippen LogP contribution in [0, 0.1) is 0 Å². The maximum absolute atomic E-state index is 12.4. The van der Waals surface area contributed by atoms with Crippen LogP contribution < -0.4 is 5.32 Å². The maximum Gasteiger partial charge on any atom is 0.244 e. The van der Waals surface area contributed by atoms with Gasteiger partial charge in [-0.15, -0.1) is 11.3 Å². The lowest BCUT2D eigenvalue weighted by molar-refractivity contribution is 0.521. The summed E-state index contributed by atoms with van der Waals surface area (Å²) < 4.78 is 26.0. The van der Waals surface area contributed by atoms with Gasteiger partial charge >= 0.3 is 0 Å². The summed E-state index contributed by atoms with van der Waals surface area (Å²) >= 11 is 1.67. The maximum atomic E-state index is 12.4. The van der Waals surface area contributed by atoms with Crippen molar-refractivity contribution in [2.75, 3.05) is 19.4 Å². The highest BCUT2D eigenvalue weighted by Crippen LogP contribution is 2.30. The quantitative estimate of drug-likeness (QED) is 0.884. The molecule has 114 valence electrons. The van der Waals surface area contributed by atoms with Crippen LogP contribution in [0.3, 0.4) is 0 Å². The lowest BCUT2D eigenvalue weighted by Crippen LogP contribution is -2.23. The van der Waals surface area contributed by atoms with E-state index in [0.717, 1.165) is 6.42 Å². The Morgan fingerprint density at radius 3 is 2.48 bits per heavy atom. The van der Waals surface area contributed by atoms with Crippen molar-refractivity contribution in [2.45, 2.75) is 24.3 Å². The van der Waals surface area contributed by atoms with Crippen LogP contribution in [0.1, 0.15) is 24.3 Å². The molecule has 1 N–H and O–H groups in total. The van der Waals surface area contributed by atoms with Gasteiger partial charge in [-0.3, -0.25) is 0 Å². The summed E-state index contributed by atoms with van der Waals surface area (Å²) in [6.45, 7) is 2.08. The van der Waals surface area contributed by atoms with Crippen molar-refractivity contribution in [2.24, 2.45) is 0 Å². The molecule has 21 heavy (non-hydrogen) atoms. The van der Waals surface area contributed by atoms with E-state index in [9.17, 15) is 8.42 Å². The fourth-order valence-corrected chi connectivity index (χ4v) is 3.97. The first-order chi connectivity index (χ1) is 9.96. The smallest absolute Gasteiger partial charge is 0.244 e. The molecule has 6 heteroatoms. The molecule has 2 rings (SSSR count). The van der Waals surface area contributed by atoms with Crippen molar-refractivity contribution in [3.63, 3.8) is 0 Å². The van der Waals surface area contributed by atoms with E-state index >= 15 is 0 Å². The summed E-state index contributed by atoms with van der Waals surface area (Å²) in [6, 6.07) is 11.2. The van der Waals surface area contributed by atoms with E-state index in [2.05, 4.69) is 18.3 Å². The van der Waals surface area contributed by atoms with E-state index in [0.29, 0.717) is 10.6 Å². The number of anilines is 1. The molecular formula is C15H20N2O2S2. The third kappa shape index (κ3) is 3.45. The summed E-state index contributed by atoms with van der Waals surface area (Å²) in [5.74, 6) is 0. The predicted octanol–water partition coefficient (Wildman–Crippen LogP) is 3.56. The van der Waals surface area contributed by atoms with E-state index in [4.69, 9.17) is 0 Å². The Hall–Kier alpha value is -1.37. The summed E-state index contributed by atoms with van der Waals surface area (Å²) in [5.41, 5.74) is 0.645. The van der Waals surface area contributed by atoms with Gasteiger partial charge in [-0.1, -0.05) is 25.1 Å². The lowest BCUT2D eigenvalue weighted by atomic mass is 10.1. The molecule has 0 spiro atoms. The highest BCUT2D eigenvalue weighted by molar-refractivity contribution is 7.89. The molecule has 0 fully saturated rings. The molecule has 0 aliphatic carbocycles. The molecule has 0 aliphatic heterocycles. The van der Waals surface area contributed by atoms with Gasteiger partial charge in [-0.2, -0.15) is 0 Å². The second-order valence-electron chi connectivity index (χ2n) is 4.90. The Bertz CT molecular complexity index is 679. The molecule has 0 saturated carbocycles. The third-order valence-electron chi connectivity index (χ3n) is 3.27. The Morgan fingerprint density at radius 2 is 1.90 bits per heavy atom. The molecule has 1 aromatic carbocycles. The van der Waals surface area contributed by atoms with Crippen molar-refractivity contribution < 1.29 is 8.42 Å². The minimum atomic E-state index is -3.46. The van der Waals surface area contributed by atoms with Gasteiger partial charge in [0.15, 0.2) is 0 Å². The van der Waals surface area contributed by atoms with Gasteiger partial charge in [0.05, 0.1) is 11.7 Å². The molecule has 1 unspecified atom stereocenters. The lowest BCUT2D eigenvalue weighted by Gasteiger charge is -2.21. The zero-order chi connectivity index (χ0) is 15.5. The molecule has 0 aliphatic rings. The minimum absolute atomic E-state index is 0.114. The fourth-order valence-electron chi connectivity index (χ4n) is 2.06. The summed E-state index contributed by atoms with van der Waals surface area (Å²) in [4.78, 5) is 1.51. The van der Waals surface area contributed by atoms with E-state index in [1.165, 1.54) is 9.18 Å². The molecule has 0 amide bonds. The fraction of sp³-hybridized carbons (Fsp3) is 0.333. The number of hydrogen-bond acceptors (Lipinski definition) is 4. The second kappa shape index (κ2) is 6.60. The zero-order valence-corrected chi connectivity index (χ0v) is 14.0. The third-order valence-corrected chi connectivity index (χ3v) is 6.13. The number of sulfonamides is 1. The van der Waals surface area contributed by atoms with Gasteiger partial charge in [0.25, 0.3) is 0 Å². The van der Waals surface area contributed by atoms with Gasteiger partial charge in [-0.05, 0) is 30.0 Å². The Kier molecular flexibility index (Phi) is 5.03. The predicted molar refractivity (Wildman–Crippen MR) is 88.3 cm³/mol. The number of nitrogens with one attached hydrogen (secondary N) is 1. The Balaban J connectivity index is 2.37. The summed E-state index contributed by atoms with van der Waals surface area (Å²) in [7, 11) is -0.367. The van der Waals surface area contributed by atoms with Gasteiger partial charge in [0.2, 0.25) is 10.0 Å². The molecule has 0 radical (unpaired) electrons. The molecule has 4 nitrogen and oxygen atoms in total. The van der Waals surface area contributed by atoms with E-state index in [1.807, 2.05) is 23.6 Å². The first kappa shape index (κ1) is 16.0. The standard InChI is InChI=1S/C15H20N2O2S2/c1-4-12(14-9-7-11-20-14)16-13-8-5-6-10-15(13)21(18,19)17(2)3/h5-12,16H,4H2,1-3H3. The van der Waals surface area contributed by atoms with Crippen molar-refractivity contribution in [1.82, 2.24) is 4.31 Å². The molecular weight excluding hydrogens is 304 g/mol. The normalized spacial score (nSPS) is 13.3. The topological polar surface area (TPSA) is 49.4 Å². The van der Waals surface area contributed by atoms with Crippen LogP contribution in [0.15, 0.2) is 46.7 Å². The van der Waals surface area contributed by atoms with E-state index < -0.39 is 10.0 Å². The van der Waals surface area contributed by atoms with Crippen molar-refractivity contribution in [1.29, 1.82) is 0 Å². The summed E-state index contributed by atoms with van der Waals surface area (Å²) in [5, 5.41) is 5.40. The van der Waals surface area contributed by atoms with Gasteiger partial charge < -0.3 is 5.32 Å². The Morgan fingerprint density at radius 1 is 1.19 bits per heavy atom. The van der Waals surface area contributed by atoms with Crippen LogP contribution in [0.4, 0.5) is 5.69 Å². The molecule has 1 heterocycles. The highest BCUT2D eigenvalue weighted by atomic mass is 32.2. The van der Waals surface area contributed by atoms with Crippen molar-refractivity contribution in [3.05, 3.63) is 46.7 Å². The van der Waals surface area contributed by atoms with Gasteiger partial charge in [0, 0.05) is 19.0 Å². The summed E-state index contributed by atoms with van der Waals surface area (Å²) in [6.07, 6.45) is 0.886. The minimum Gasteiger partial charge on any atom is -0.376 e. The number of para-hydroxylation sites is 1. The van der Waals surface area contributed by atoms with Crippen LogP contribution in [0.2, 0.25) is 0 Å². The largest absolute Gasteiger partial charge is 0.376 e. The van der Waals surface area contributed by atoms with E-state index in [1.54, 1.807) is 37.6 Å². The second-order valence-corrected chi connectivity index (χ2v) is 8.00. The molecule has 1 aromatic heterocycles. The molecule has 0 saturated heterocycles. The van der Waals surface area contributed by atoms with Gasteiger partial charge in [0.1, 0.15) is 4.90 Å². The van der Waals surface area contributed by atoms with E-state index in [-0.39, 0.29) is 6.04 Å². The van der Waals surface area contributed by atoms with Crippen LogP contribution in [-0.4, -0.2) is 26.8 Å². The first-order valence-corrected chi connectivity index (χ1v) is 9.10. The number of hydrogen-bond donors (Lipinski definition) is 1. The van der Waals surface area contributed by atoms with Gasteiger partial charge in [-0.25, -0.2) is 12.7 Å². The Labute approximate surface area is 130 Å². The number of rotatable bonds is 6. The van der Waals surface area contributed by atoms with Crippen molar-refractivity contribution in [3.8, 4) is 0 Å². The molecule has 2 aromatic rings. The number of thiophene rings is 1. The average molecular weight is 324 g/mol. The van der Waals surface area contributed by atoms with Crippen LogP contribution >= 0.6 is 11.3 Å². The monoisotopic (exact) mass is 324 g/mol. The van der Waals surface area contributed by atoms with Crippen LogP contribution in [0.5, 0.6) is 0 Å². The molecule has 1 atom stereocenters. The van der Waals surface area contributed by atoms with Crippen LogP contribution in [0.25, 0.3) is 0 Å². The average Bonchev–Trinajstić information content (AvgIpc) is 2.99. The number of benzene rings is 1. The number of nitrogens with zero attached hydrogens (tertiary/aromatic N) is 1. The highest BCUT2D eigenvalue weighted by Gasteiger charge is 2.22. The molecule has 0 bridgehead atoms. The van der Waals surface area contributed by atoms with Crippen molar-refractivity contribution >= 4 is 27.0 Å². The SMILES string of the molecule is CCC(Nc1ccccc1S(=O)(=O)N(C)C)c1cccs1.